The zero-order valence-corrected chi connectivity index (χ0v) is 11.5. The molecule has 1 aromatic heterocycles. The van der Waals surface area contributed by atoms with E-state index < -0.39 is 6.10 Å². The molecule has 1 aliphatic heterocycles. The Morgan fingerprint density at radius 3 is 3.05 bits per heavy atom. The number of furan rings is 1. The van der Waals surface area contributed by atoms with Gasteiger partial charge in [0.15, 0.2) is 0 Å². The lowest BCUT2D eigenvalue weighted by atomic mass is 10.2. The van der Waals surface area contributed by atoms with E-state index in [9.17, 15) is 4.79 Å². The maximum absolute atomic E-state index is 12.2. The quantitative estimate of drug-likeness (QED) is 0.918. The van der Waals surface area contributed by atoms with E-state index in [2.05, 4.69) is 5.32 Å². The van der Waals surface area contributed by atoms with E-state index in [1.165, 1.54) is 0 Å². The second-order valence-electron chi connectivity index (χ2n) is 5.01. The third kappa shape index (κ3) is 2.69. The van der Waals surface area contributed by atoms with Gasteiger partial charge in [-0.15, -0.1) is 0 Å². The number of ether oxygens (including phenoxy) is 1. The van der Waals surface area contributed by atoms with Crippen LogP contribution in [0.25, 0.3) is 11.0 Å². The monoisotopic (exact) mass is 274 g/mol. The van der Waals surface area contributed by atoms with Crippen LogP contribution >= 0.6 is 0 Å². The Kier molecular flexibility index (Phi) is 3.71. The second kappa shape index (κ2) is 5.64. The van der Waals surface area contributed by atoms with E-state index >= 15 is 0 Å². The molecule has 2 heterocycles. The van der Waals surface area contributed by atoms with Crippen molar-refractivity contribution in [3.63, 3.8) is 0 Å². The number of carbonyl (C=O) groups excluding carboxylic acids is 1. The normalized spacial score (nSPS) is 19.1. The number of nitrogens with one attached hydrogen (secondary N) is 1. The second-order valence-corrected chi connectivity index (χ2v) is 5.01. The van der Waals surface area contributed by atoms with Gasteiger partial charge in [0.25, 0.3) is 5.91 Å². The number of morpholine rings is 1. The Labute approximate surface area is 117 Å². The van der Waals surface area contributed by atoms with Gasteiger partial charge in [-0.05, 0) is 12.1 Å². The molecule has 20 heavy (non-hydrogen) atoms. The Morgan fingerprint density at radius 1 is 1.45 bits per heavy atom. The topological polar surface area (TPSA) is 54.7 Å². The van der Waals surface area contributed by atoms with Crippen molar-refractivity contribution in [2.45, 2.75) is 12.6 Å². The molecule has 5 heteroatoms. The Bertz CT molecular complexity index is 569. The van der Waals surface area contributed by atoms with Gasteiger partial charge < -0.3 is 19.4 Å². The molecular weight excluding hydrogens is 256 g/mol. The zero-order chi connectivity index (χ0) is 13.9. The number of benzene rings is 1. The van der Waals surface area contributed by atoms with Crippen molar-refractivity contribution >= 4 is 16.9 Å². The van der Waals surface area contributed by atoms with Gasteiger partial charge in [0.1, 0.15) is 17.4 Å². The summed E-state index contributed by atoms with van der Waals surface area (Å²) in [5.74, 6) is 0.767. The molecule has 1 atom stereocenters. The summed E-state index contributed by atoms with van der Waals surface area (Å²) >= 11 is 0. The molecule has 1 N–H and O–H groups in total. The van der Waals surface area contributed by atoms with Crippen LogP contribution < -0.4 is 5.32 Å². The fraction of sp³-hybridized carbons (Fsp3) is 0.400. The van der Waals surface area contributed by atoms with Gasteiger partial charge in [-0.1, -0.05) is 18.2 Å². The van der Waals surface area contributed by atoms with Crippen LogP contribution in [-0.2, 0) is 16.1 Å². The summed E-state index contributed by atoms with van der Waals surface area (Å²) in [4.78, 5) is 13.9. The third-order valence-corrected chi connectivity index (χ3v) is 3.45. The van der Waals surface area contributed by atoms with Crippen molar-refractivity contribution < 1.29 is 13.9 Å². The maximum atomic E-state index is 12.2. The van der Waals surface area contributed by atoms with Crippen LogP contribution in [0.15, 0.2) is 34.7 Å². The molecule has 1 amide bonds. The van der Waals surface area contributed by atoms with Gasteiger partial charge in [0, 0.05) is 25.5 Å². The van der Waals surface area contributed by atoms with Crippen molar-refractivity contribution in [1.29, 1.82) is 0 Å². The molecule has 3 rings (SSSR count). The first-order chi connectivity index (χ1) is 9.74. The number of carbonyl (C=O) groups is 1. The van der Waals surface area contributed by atoms with Crippen molar-refractivity contribution in [3.8, 4) is 0 Å². The fourth-order valence-corrected chi connectivity index (χ4v) is 2.40. The van der Waals surface area contributed by atoms with Crippen LogP contribution in [0.4, 0.5) is 0 Å². The van der Waals surface area contributed by atoms with Crippen molar-refractivity contribution in [2.75, 3.05) is 26.7 Å². The molecule has 0 saturated carbocycles. The van der Waals surface area contributed by atoms with Crippen LogP contribution in [0.2, 0.25) is 0 Å². The molecule has 0 aliphatic carbocycles. The van der Waals surface area contributed by atoms with Crippen LogP contribution in [0, 0.1) is 0 Å². The minimum absolute atomic E-state index is 0.0161. The predicted molar refractivity (Wildman–Crippen MR) is 75.3 cm³/mol. The van der Waals surface area contributed by atoms with E-state index in [1.54, 1.807) is 11.9 Å². The van der Waals surface area contributed by atoms with E-state index in [-0.39, 0.29) is 5.91 Å². The van der Waals surface area contributed by atoms with Crippen molar-refractivity contribution in [2.24, 2.45) is 0 Å². The predicted octanol–water partition coefficient (Wildman–Crippen LogP) is 1.38. The minimum atomic E-state index is -0.391. The number of rotatable bonds is 3. The smallest absolute Gasteiger partial charge is 0.253 e. The Morgan fingerprint density at radius 2 is 2.30 bits per heavy atom. The highest BCUT2D eigenvalue weighted by atomic mass is 16.5. The first-order valence-electron chi connectivity index (χ1n) is 6.79. The van der Waals surface area contributed by atoms with Gasteiger partial charge >= 0.3 is 0 Å². The summed E-state index contributed by atoms with van der Waals surface area (Å²) in [6.07, 6.45) is -0.391. The summed E-state index contributed by atoms with van der Waals surface area (Å²) in [6, 6.07) is 9.80. The van der Waals surface area contributed by atoms with Crippen molar-refractivity contribution in [3.05, 3.63) is 36.1 Å². The van der Waals surface area contributed by atoms with Crippen LogP contribution in [0.5, 0.6) is 0 Å². The Hall–Kier alpha value is -1.85. The largest absolute Gasteiger partial charge is 0.459 e. The van der Waals surface area contributed by atoms with Gasteiger partial charge in [-0.25, -0.2) is 0 Å². The highest BCUT2D eigenvalue weighted by molar-refractivity contribution is 5.81. The van der Waals surface area contributed by atoms with E-state index in [0.717, 1.165) is 23.3 Å². The summed E-state index contributed by atoms with van der Waals surface area (Å²) in [6.45, 7) is 2.41. The first kappa shape index (κ1) is 13.1. The van der Waals surface area contributed by atoms with E-state index in [0.29, 0.717) is 19.7 Å². The molecule has 106 valence electrons. The van der Waals surface area contributed by atoms with E-state index in [1.807, 2.05) is 30.3 Å². The van der Waals surface area contributed by atoms with Crippen LogP contribution in [-0.4, -0.2) is 43.7 Å². The SMILES string of the molecule is CN(Cc1cc2ccccc2o1)C(=O)C1CNCCO1. The van der Waals surface area contributed by atoms with Gasteiger partial charge in [0.05, 0.1) is 13.2 Å². The number of likely N-dealkylation sites (N-methyl/N-ethyl adjacent to an activating group) is 1. The van der Waals surface area contributed by atoms with Gasteiger partial charge in [-0.2, -0.15) is 0 Å². The lowest BCUT2D eigenvalue weighted by Crippen LogP contribution is -2.48. The Balaban J connectivity index is 1.68. The molecule has 1 fully saturated rings. The summed E-state index contributed by atoms with van der Waals surface area (Å²) in [5, 5.41) is 4.21. The highest BCUT2D eigenvalue weighted by Crippen LogP contribution is 2.20. The molecular formula is C15H18N2O3. The fourth-order valence-electron chi connectivity index (χ4n) is 2.40. The summed E-state index contributed by atoms with van der Waals surface area (Å²) < 4.78 is 11.2. The lowest BCUT2D eigenvalue weighted by Gasteiger charge is -2.26. The molecule has 5 nitrogen and oxygen atoms in total. The molecule has 0 radical (unpaired) electrons. The molecule has 0 spiro atoms. The molecule has 1 saturated heterocycles. The van der Waals surface area contributed by atoms with Gasteiger partial charge in [0.2, 0.25) is 0 Å². The average molecular weight is 274 g/mol. The molecule has 1 aliphatic rings. The van der Waals surface area contributed by atoms with Gasteiger partial charge in [-0.3, -0.25) is 4.79 Å². The molecule has 1 unspecified atom stereocenters. The van der Waals surface area contributed by atoms with Crippen LogP contribution in [0.3, 0.4) is 0 Å². The lowest BCUT2D eigenvalue weighted by molar-refractivity contribution is -0.144. The number of nitrogens with zero attached hydrogens (tertiary/aromatic N) is 1. The number of fused-ring (bicyclic) bond motifs is 1. The number of para-hydroxylation sites is 1. The van der Waals surface area contributed by atoms with Crippen LogP contribution in [0.1, 0.15) is 5.76 Å². The maximum Gasteiger partial charge on any atom is 0.253 e. The number of hydrogen-bond acceptors (Lipinski definition) is 4. The first-order valence-corrected chi connectivity index (χ1v) is 6.79. The van der Waals surface area contributed by atoms with E-state index in [4.69, 9.17) is 9.15 Å². The standard InChI is InChI=1S/C15H18N2O3/c1-17(15(18)14-9-16-6-7-19-14)10-12-8-11-4-2-3-5-13(11)20-12/h2-5,8,14,16H,6-7,9-10H2,1H3. The molecule has 0 bridgehead atoms. The zero-order valence-electron chi connectivity index (χ0n) is 11.5. The number of amides is 1. The average Bonchev–Trinajstić information content (AvgIpc) is 2.89. The summed E-state index contributed by atoms with van der Waals surface area (Å²) in [7, 11) is 1.77. The third-order valence-electron chi connectivity index (χ3n) is 3.45. The molecule has 1 aromatic carbocycles. The highest BCUT2D eigenvalue weighted by Gasteiger charge is 2.25. The number of hydrogen-bond donors (Lipinski definition) is 1. The van der Waals surface area contributed by atoms with Crippen molar-refractivity contribution in [1.82, 2.24) is 10.2 Å². The summed E-state index contributed by atoms with van der Waals surface area (Å²) in [5.41, 5.74) is 0.846. The minimum Gasteiger partial charge on any atom is -0.459 e. The molecule has 2 aromatic rings.